The lowest BCUT2D eigenvalue weighted by Gasteiger charge is -2.30. The van der Waals surface area contributed by atoms with E-state index in [0.717, 1.165) is 60.7 Å². The summed E-state index contributed by atoms with van der Waals surface area (Å²) in [6.07, 6.45) is 2.14. The number of ether oxygens (including phenoxy) is 2. The molecule has 7 nitrogen and oxygen atoms in total. The van der Waals surface area contributed by atoms with E-state index in [2.05, 4.69) is 39.8 Å². The second-order valence-corrected chi connectivity index (χ2v) is 9.59. The van der Waals surface area contributed by atoms with E-state index in [0.29, 0.717) is 19.7 Å². The summed E-state index contributed by atoms with van der Waals surface area (Å²) in [5, 5.41) is 9.49. The Labute approximate surface area is 209 Å². The van der Waals surface area contributed by atoms with Crippen molar-refractivity contribution in [2.24, 2.45) is 0 Å². The minimum atomic E-state index is -0.927. The highest BCUT2D eigenvalue weighted by atomic mass is 16.5. The third-order valence-electron chi connectivity index (χ3n) is 7.14. The fraction of sp³-hybridized carbons (Fsp3) is 0.310. The molecule has 1 aromatic heterocycles. The first kappa shape index (κ1) is 22.8. The zero-order valence-electron chi connectivity index (χ0n) is 20.1. The van der Waals surface area contributed by atoms with E-state index >= 15 is 0 Å². The molecular formula is C29H29N3O4. The van der Waals surface area contributed by atoms with E-state index in [9.17, 15) is 9.90 Å². The van der Waals surface area contributed by atoms with Gasteiger partial charge >= 0.3 is 5.97 Å². The minimum absolute atomic E-state index is 0.154. The third kappa shape index (κ3) is 4.72. The van der Waals surface area contributed by atoms with Gasteiger partial charge in [0.15, 0.2) is 0 Å². The van der Waals surface area contributed by atoms with Gasteiger partial charge in [-0.15, -0.1) is 0 Å². The first-order valence-corrected chi connectivity index (χ1v) is 12.5. The number of hydrogen-bond acceptors (Lipinski definition) is 5. The molecular weight excluding hydrogens is 454 g/mol. The number of carbonyl (C=O) groups is 1. The number of aromatic carboxylic acids is 1. The highest BCUT2D eigenvalue weighted by Crippen LogP contribution is 2.27. The molecule has 0 saturated carbocycles. The summed E-state index contributed by atoms with van der Waals surface area (Å²) in [7, 11) is 0. The van der Waals surface area contributed by atoms with Gasteiger partial charge in [0.05, 0.1) is 35.8 Å². The summed E-state index contributed by atoms with van der Waals surface area (Å²) in [5.41, 5.74) is 5.75. The number of carboxylic acid groups (broad SMARTS) is 1. The molecule has 2 aliphatic rings. The minimum Gasteiger partial charge on any atom is -0.489 e. The van der Waals surface area contributed by atoms with Crippen LogP contribution in [0.4, 0.5) is 0 Å². The molecule has 7 heteroatoms. The van der Waals surface area contributed by atoms with Crippen LogP contribution in [0.15, 0.2) is 66.7 Å². The van der Waals surface area contributed by atoms with Gasteiger partial charge in [-0.25, -0.2) is 9.78 Å². The van der Waals surface area contributed by atoms with Gasteiger partial charge in [0, 0.05) is 19.7 Å². The van der Waals surface area contributed by atoms with Gasteiger partial charge in [-0.05, 0) is 59.9 Å². The zero-order chi connectivity index (χ0) is 24.5. The summed E-state index contributed by atoms with van der Waals surface area (Å²) >= 11 is 0. The molecule has 0 amide bonds. The molecule has 0 radical (unpaired) electrons. The molecule has 1 fully saturated rings. The van der Waals surface area contributed by atoms with Crippen LogP contribution in [0.25, 0.3) is 11.0 Å². The SMILES string of the molecule is O=C(O)c1ccc2nc(CN3CCc4ccc(OCc5ccccc5)cc4C3)n(C[C@@H]3CCO3)c2c1. The number of benzene rings is 3. The van der Waals surface area contributed by atoms with Crippen molar-refractivity contribution in [2.75, 3.05) is 13.2 Å². The van der Waals surface area contributed by atoms with Crippen LogP contribution >= 0.6 is 0 Å². The van der Waals surface area contributed by atoms with Crippen molar-refractivity contribution in [1.29, 1.82) is 0 Å². The van der Waals surface area contributed by atoms with Crippen molar-refractivity contribution in [3.05, 3.63) is 94.8 Å². The summed E-state index contributed by atoms with van der Waals surface area (Å²) in [4.78, 5) is 18.9. The van der Waals surface area contributed by atoms with E-state index in [-0.39, 0.29) is 11.7 Å². The molecule has 36 heavy (non-hydrogen) atoms. The molecule has 2 aliphatic heterocycles. The average molecular weight is 484 g/mol. The van der Waals surface area contributed by atoms with Crippen LogP contribution in [0.1, 0.15) is 39.3 Å². The van der Waals surface area contributed by atoms with E-state index in [4.69, 9.17) is 14.5 Å². The summed E-state index contributed by atoms with van der Waals surface area (Å²) in [5.74, 6) is 0.905. The van der Waals surface area contributed by atoms with Crippen LogP contribution < -0.4 is 4.74 Å². The van der Waals surface area contributed by atoms with E-state index in [1.807, 2.05) is 24.3 Å². The highest BCUT2D eigenvalue weighted by molar-refractivity contribution is 5.92. The smallest absolute Gasteiger partial charge is 0.335 e. The van der Waals surface area contributed by atoms with Crippen molar-refractivity contribution < 1.29 is 19.4 Å². The maximum Gasteiger partial charge on any atom is 0.335 e. The first-order valence-electron chi connectivity index (χ1n) is 12.5. The third-order valence-corrected chi connectivity index (χ3v) is 7.14. The maximum atomic E-state index is 11.6. The lowest BCUT2D eigenvalue weighted by molar-refractivity contribution is -0.0592. The van der Waals surface area contributed by atoms with Crippen molar-refractivity contribution >= 4 is 17.0 Å². The van der Waals surface area contributed by atoms with Crippen molar-refractivity contribution in [2.45, 2.75) is 45.2 Å². The zero-order valence-corrected chi connectivity index (χ0v) is 20.1. The summed E-state index contributed by atoms with van der Waals surface area (Å²) < 4.78 is 13.9. The lowest BCUT2D eigenvalue weighted by Crippen LogP contribution is -2.34. The molecule has 0 spiro atoms. The van der Waals surface area contributed by atoms with Gasteiger partial charge in [0.2, 0.25) is 0 Å². The summed E-state index contributed by atoms with van der Waals surface area (Å²) in [6, 6.07) is 21.8. The predicted molar refractivity (Wildman–Crippen MR) is 136 cm³/mol. The van der Waals surface area contributed by atoms with Crippen molar-refractivity contribution in [3.63, 3.8) is 0 Å². The number of aromatic nitrogens is 2. The monoisotopic (exact) mass is 483 g/mol. The largest absolute Gasteiger partial charge is 0.489 e. The Balaban J connectivity index is 1.21. The Kier molecular flexibility index (Phi) is 6.17. The molecule has 3 aromatic carbocycles. The van der Waals surface area contributed by atoms with Crippen LogP contribution in [0.5, 0.6) is 5.75 Å². The molecule has 1 atom stereocenters. The maximum absolute atomic E-state index is 11.6. The Morgan fingerprint density at radius 3 is 2.72 bits per heavy atom. The quantitative estimate of drug-likeness (QED) is 0.393. The van der Waals surface area contributed by atoms with Gasteiger partial charge in [-0.3, -0.25) is 4.90 Å². The fourth-order valence-corrected chi connectivity index (χ4v) is 5.02. The van der Waals surface area contributed by atoms with E-state index in [1.165, 1.54) is 11.1 Å². The van der Waals surface area contributed by atoms with Crippen LogP contribution in [-0.2, 0) is 37.4 Å². The van der Waals surface area contributed by atoms with Crippen LogP contribution in [0.3, 0.4) is 0 Å². The van der Waals surface area contributed by atoms with Gasteiger partial charge in [0.1, 0.15) is 18.2 Å². The number of rotatable bonds is 8. The van der Waals surface area contributed by atoms with Gasteiger partial charge < -0.3 is 19.1 Å². The van der Waals surface area contributed by atoms with E-state index < -0.39 is 5.97 Å². The van der Waals surface area contributed by atoms with Crippen molar-refractivity contribution in [3.8, 4) is 5.75 Å². The number of nitrogens with zero attached hydrogens (tertiary/aromatic N) is 3. The second kappa shape index (κ2) is 9.76. The lowest BCUT2D eigenvalue weighted by atomic mass is 9.99. The molecule has 0 bridgehead atoms. The number of hydrogen-bond donors (Lipinski definition) is 1. The van der Waals surface area contributed by atoms with Crippen LogP contribution in [0.2, 0.25) is 0 Å². The van der Waals surface area contributed by atoms with Gasteiger partial charge in [-0.2, -0.15) is 0 Å². The van der Waals surface area contributed by atoms with Gasteiger partial charge in [-0.1, -0.05) is 36.4 Å². The molecule has 4 aromatic rings. The molecule has 1 saturated heterocycles. The number of fused-ring (bicyclic) bond motifs is 2. The fourth-order valence-electron chi connectivity index (χ4n) is 5.02. The molecule has 0 aliphatic carbocycles. The predicted octanol–water partition coefficient (Wildman–Crippen LogP) is 4.66. The van der Waals surface area contributed by atoms with Gasteiger partial charge in [0.25, 0.3) is 0 Å². The first-order chi connectivity index (χ1) is 17.6. The Bertz CT molecular complexity index is 1390. The standard InChI is InChI=1S/C29H29N3O4/c33-29(34)22-7-9-26-27(15-22)32(17-25-11-13-35-25)28(30-26)18-31-12-10-21-6-8-24(14-23(21)16-31)36-19-20-4-2-1-3-5-20/h1-9,14-15,25H,10-13,16-19H2,(H,33,34)/t25-/m0/s1. The highest BCUT2D eigenvalue weighted by Gasteiger charge is 2.24. The Hall–Kier alpha value is -3.68. The molecule has 3 heterocycles. The average Bonchev–Trinajstić information content (AvgIpc) is 3.21. The molecule has 6 rings (SSSR count). The second-order valence-electron chi connectivity index (χ2n) is 9.59. The Morgan fingerprint density at radius 1 is 1.08 bits per heavy atom. The normalized spacial score (nSPS) is 17.5. The topological polar surface area (TPSA) is 76.8 Å². The summed E-state index contributed by atoms with van der Waals surface area (Å²) in [6.45, 7) is 4.48. The van der Waals surface area contributed by atoms with Crippen molar-refractivity contribution in [1.82, 2.24) is 14.5 Å². The van der Waals surface area contributed by atoms with E-state index in [1.54, 1.807) is 12.1 Å². The Morgan fingerprint density at radius 2 is 1.94 bits per heavy atom. The van der Waals surface area contributed by atoms with Crippen LogP contribution in [0, 0.1) is 0 Å². The van der Waals surface area contributed by atoms with Crippen LogP contribution in [-0.4, -0.2) is 44.8 Å². The number of carboxylic acids is 1. The molecule has 1 N–H and O–H groups in total. The molecule has 0 unspecified atom stereocenters. The number of imidazole rings is 1. The molecule has 184 valence electrons.